The van der Waals surface area contributed by atoms with Crippen LogP contribution in [0.4, 0.5) is 10.5 Å². The Balaban J connectivity index is 1.80. The molecule has 0 spiro atoms. The van der Waals surface area contributed by atoms with Crippen molar-refractivity contribution in [3.63, 3.8) is 0 Å². The fraction of sp³-hybridized carbons (Fsp3) is 0.611. The number of nitrogens with one attached hydrogen (secondary N) is 1. The molecule has 1 amide bonds. The van der Waals surface area contributed by atoms with Crippen molar-refractivity contribution in [2.75, 3.05) is 25.6 Å². The highest BCUT2D eigenvalue weighted by Crippen LogP contribution is 2.35. The first-order valence-corrected chi connectivity index (χ1v) is 8.38. The molecule has 1 aromatic carbocycles. The number of methoxy groups -OCH3 is 1. The second kappa shape index (κ2) is 6.51. The van der Waals surface area contributed by atoms with Crippen molar-refractivity contribution in [2.24, 2.45) is 0 Å². The van der Waals surface area contributed by atoms with E-state index in [2.05, 4.69) is 5.32 Å². The maximum atomic E-state index is 12.4. The van der Waals surface area contributed by atoms with Crippen LogP contribution < -0.4 is 10.1 Å². The normalized spacial score (nSPS) is 20.0. The summed E-state index contributed by atoms with van der Waals surface area (Å²) >= 11 is 0. The van der Waals surface area contributed by atoms with Gasteiger partial charge in [0.15, 0.2) is 0 Å². The maximum Gasteiger partial charge on any atom is 0.410 e. The summed E-state index contributed by atoms with van der Waals surface area (Å²) < 4.78 is 16.4. The average molecular weight is 334 g/mol. The molecule has 1 saturated heterocycles. The lowest BCUT2D eigenvalue weighted by Gasteiger charge is -2.24. The number of ether oxygens (including phenoxy) is 3. The van der Waals surface area contributed by atoms with Gasteiger partial charge in [-0.15, -0.1) is 0 Å². The van der Waals surface area contributed by atoms with E-state index in [-0.39, 0.29) is 6.09 Å². The van der Waals surface area contributed by atoms with Gasteiger partial charge in [-0.05, 0) is 38.8 Å². The lowest BCUT2D eigenvalue weighted by Crippen LogP contribution is -2.33. The molecule has 2 heterocycles. The predicted octanol–water partition coefficient (Wildman–Crippen LogP) is 3.15. The third kappa shape index (κ3) is 3.75. The molecule has 1 N–H and O–H groups in total. The van der Waals surface area contributed by atoms with Crippen LogP contribution in [-0.4, -0.2) is 43.0 Å². The highest BCUT2D eigenvalue weighted by Gasteiger charge is 2.30. The molecular formula is C18H26N2O4. The van der Waals surface area contributed by atoms with Crippen LogP contribution in [0.3, 0.4) is 0 Å². The third-order valence-corrected chi connectivity index (χ3v) is 4.20. The van der Waals surface area contributed by atoms with Gasteiger partial charge >= 0.3 is 6.09 Å². The van der Waals surface area contributed by atoms with Crippen molar-refractivity contribution in [3.8, 4) is 5.75 Å². The average Bonchev–Trinajstić information content (AvgIpc) is 3.14. The molecule has 0 radical (unpaired) electrons. The molecule has 3 rings (SSSR count). The van der Waals surface area contributed by atoms with Gasteiger partial charge in [-0.3, -0.25) is 4.90 Å². The number of nitrogens with zero attached hydrogens (tertiary/aromatic N) is 1. The van der Waals surface area contributed by atoms with Gasteiger partial charge in [0.25, 0.3) is 0 Å². The largest absolute Gasteiger partial charge is 0.497 e. The van der Waals surface area contributed by atoms with Gasteiger partial charge in [-0.2, -0.15) is 0 Å². The summed E-state index contributed by atoms with van der Waals surface area (Å²) in [6.45, 7) is 8.22. The molecular weight excluding hydrogens is 308 g/mol. The topological polar surface area (TPSA) is 60.0 Å². The molecule has 0 bridgehead atoms. The van der Waals surface area contributed by atoms with Crippen molar-refractivity contribution < 1.29 is 19.0 Å². The van der Waals surface area contributed by atoms with Crippen LogP contribution in [0.5, 0.6) is 5.75 Å². The molecule has 6 nitrogen and oxygen atoms in total. The molecule has 0 saturated carbocycles. The minimum absolute atomic E-state index is 0.284. The number of amides is 1. The van der Waals surface area contributed by atoms with Gasteiger partial charge in [0.05, 0.1) is 26.3 Å². The van der Waals surface area contributed by atoms with Gasteiger partial charge in [0.2, 0.25) is 0 Å². The second-order valence-corrected chi connectivity index (χ2v) is 7.35. The number of fused-ring (bicyclic) bond motifs is 1. The summed E-state index contributed by atoms with van der Waals surface area (Å²) in [7, 11) is 1.66. The Bertz CT molecular complexity index is 618. The molecule has 2 aliphatic rings. The van der Waals surface area contributed by atoms with Crippen molar-refractivity contribution in [2.45, 2.75) is 51.9 Å². The number of anilines is 1. The van der Waals surface area contributed by atoms with Gasteiger partial charge in [-0.1, -0.05) is 0 Å². The van der Waals surface area contributed by atoms with E-state index in [9.17, 15) is 4.79 Å². The molecule has 132 valence electrons. The van der Waals surface area contributed by atoms with E-state index in [0.717, 1.165) is 35.6 Å². The lowest BCUT2D eigenvalue weighted by atomic mass is 10.1. The number of carbonyl (C=O) groups is 1. The van der Waals surface area contributed by atoms with Gasteiger partial charge in [-0.25, -0.2) is 4.79 Å². The van der Waals surface area contributed by atoms with E-state index in [4.69, 9.17) is 14.2 Å². The van der Waals surface area contributed by atoms with E-state index in [0.29, 0.717) is 25.7 Å². The summed E-state index contributed by atoms with van der Waals surface area (Å²) in [6.07, 6.45) is 0.703. The van der Waals surface area contributed by atoms with Crippen LogP contribution in [0.1, 0.15) is 38.3 Å². The first-order valence-electron chi connectivity index (χ1n) is 8.38. The lowest BCUT2D eigenvalue weighted by molar-refractivity contribution is 0.0242. The van der Waals surface area contributed by atoms with E-state index < -0.39 is 5.60 Å². The summed E-state index contributed by atoms with van der Waals surface area (Å²) in [6, 6.07) is 4.29. The first kappa shape index (κ1) is 16.9. The Kier molecular flexibility index (Phi) is 4.58. The summed E-state index contributed by atoms with van der Waals surface area (Å²) in [5.41, 5.74) is 2.76. The minimum Gasteiger partial charge on any atom is -0.497 e. The SMILES string of the molecule is COc1cc2c(c(N[C@@H]3CCOC3)c1)CN(C(=O)OC(C)(C)C)C2. The van der Waals surface area contributed by atoms with Crippen LogP contribution in [0.15, 0.2) is 12.1 Å². The molecule has 1 aromatic rings. The summed E-state index contributed by atoms with van der Waals surface area (Å²) in [5.74, 6) is 0.793. The van der Waals surface area contributed by atoms with Crippen LogP contribution in [0, 0.1) is 0 Å². The molecule has 2 aliphatic heterocycles. The molecule has 6 heteroatoms. The standard InChI is InChI=1S/C18H26N2O4/c1-18(2,3)24-17(21)20-9-12-7-14(22-4)8-16(15(12)10-20)19-13-5-6-23-11-13/h7-8,13,19H,5-6,9-11H2,1-4H3/t13-/m1/s1. The molecule has 0 unspecified atom stereocenters. The summed E-state index contributed by atoms with van der Waals surface area (Å²) in [4.78, 5) is 14.1. The first-order chi connectivity index (χ1) is 11.4. The Morgan fingerprint density at radius 3 is 2.75 bits per heavy atom. The van der Waals surface area contributed by atoms with E-state index in [1.54, 1.807) is 12.0 Å². The van der Waals surface area contributed by atoms with Crippen LogP contribution in [0.2, 0.25) is 0 Å². The molecule has 24 heavy (non-hydrogen) atoms. The van der Waals surface area contributed by atoms with Gasteiger partial charge in [0, 0.05) is 30.5 Å². The van der Waals surface area contributed by atoms with Crippen LogP contribution >= 0.6 is 0 Å². The van der Waals surface area contributed by atoms with Crippen molar-refractivity contribution in [1.29, 1.82) is 0 Å². The quantitative estimate of drug-likeness (QED) is 0.920. The number of hydrogen-bond donors (Lipinski definition) is 1. The van der Waals surface area contributed by atoms with E-state index in [1.807, 2.05) is 32.9 Å². The van der Waals surface area contributed by atoms with Crippen molar-refractivity contribution >= 4 is 11.8 Å². The molecule has 1 atom stereocenters. The van der Waals surface area contributed by atoms with E-state index in [1.165, 1.54) is 0 Å². The van der Waals surface area contributed by atoms with Crippen LogP contribution in [-0.2, 0) is 22.6 Å². The van der Waals surface area contributed by atoms with Crippen molar-refractivity contribution in [1.82, 2.24) is 4.90 Å². The zero-order chi connectivity index (χ0) is 17.3. The fourth-order valence-electron chi connectivity index (χ4n) is 3.05. The fourth-order valence-corrected chi connectivity index (χ4v) is 3.05. The molecule has 0 aliphatic carbocycles. The highest BCUT2D eigenvalue weighted by atomic mass is 16.6. The Morgan fingerprint density at radius 1 is 1.33 bits per heavy atom. The Labute approximate surface area is 143 Å². The van der Waals surface area contributed by atoms with Crippen molar-refractivity contribution in [3.05, 3.63) is 23.3 Å². The molecule has 0 aromatic heterocycles. The zero-order valence-corrected chi connectivity index (χ0v) is 14.8. The smallest absolute Gasteiger partial charge is 0.410 e. The monoisotopic (exact) mass is 334 g/mol. The van der Waals surface area contributed by atoms with Gasteiger partial charge < -0.3 is 19.5 Å². The molecule has 1 fully saturated rings. The Morgan fingerprint density at radius 2 is 2.12 bits per heavy atom. The number of carbonyl (C=O) groups excluding carboxylic acids is 1. The minimum atomic E-state index is -0.494. The van der Waals surface area contributed by atoms with E-state index >= 15 is 0 Å². The predicted molar refractivity (Wildman–Crippen MR) is 91.3 cm³/mol. The third-order valence-electron chi connectivity index (χ3n) is 4.20. The van der Waals surface area contributed by atoms with Crippen LogP contribution in [0.25, 0.3) is 0 Å². The number of hydrogen-bond acceptors (Lipinski definition) is 5. The zero-order valence-electron chi connectivity index (χ0n) is 14.8. The maximum absolute atomic E-state index is 12.4. The number of rotatable bonds is 3. The summed E-state index contributed by atoms with van der Waals surface area (Å²) in [5, 5.41) is 3.54. The highest BCUT2D eigenvalue weighted by molar-refractivity contribution is 5.71. The Hall–Kier alpha value is -1.95. The second-order valence-electron chi connectivity index (χ2n) is 7.35. The number of benzene rings is 1. The van der Waals surface area contributed by atoms with Gasteiger partial charge in [0.1, 0.15) is 11.4 Å².